The van der Waals surface area contributed by atoms with E-state index in [2.05, 4.69) is 6.92 Å². The maximum Gasteiger partial charge on any atom is 0.0886 e. The molecule has 0 bridgehead atoms. The molecule has 1 heteroatoms. The van der Waals surface area contributed by atoms with E-state index in [0.29, 0.717) is 0 Å². The fourth-order valence-electron chi connectivity index (χ4n) is 2.70. The summed E-state index contributed by atoms with van der Waals surface area (Å²) in [6.07, 6.45) is 18.8. The van der Waals surface area contributed by atoms with Gasteiger partial charge in [-0.15, -0.1) is 0 Å². The molecule has 0 aliphatic carbocycles. The standard InChI is InChI=1S/C19H42N/c1-5-6-7-8-9-10-11-12-13-14-15-16-17-18-19-20(2,3)4/h5-19H2,1-4H3/q+1/i2D3. The molecule has 0 unspecified atom stereocenters. The Morgan fingerprint density at radius 1 is 0.600 bits per heavy atom. The second-order valence-electron chi connectivity index (χ2n) is 7.00. The number of hydrogen-bond donors (Lipinski definition) is 0. The fraction of sp³-hybridized carbons (Fsp3) is 1.00. The fourth-order valence-corrected chi connectivity index (χ4v) is 2.70. The van der Waals surface area contributed by atoms with E-state index in [1.165, 1.54) is 83.5 Å². The molecule has 0 rings (SSSR count). The molecule has 0 spiro atoms. The maximum atomic E-state index is 7.51. The Kier molecular flexibility index (Phi) is 10.4. The molecule has 0 amide bonds. The molecule has 0 radical (unpaired) electrons. The third-order valence-electron chi connectivity index (χ3n) is 4.07. The summed E-state index contributed by atoms with van der Waals surface area (Å²) < 4.78 is 22.7. The number of rotatable bonds is 15. The molecule has 0 aromatic rings. The highest BCUT2D eigenvalue weighted by Crippen LogP contribution is 2.13. The summed E-state index contributed by atoms with van der Waals surface area (Å²) in [6.45, 7) is 1.15. The summed E-state index contributed by atoms with van der Waals surface area (Å²) in [5.41, 5.74) is 0. The summed E-state index contributed by atoms with van der Waals surface area (Å²) in [6, 6.07) is 0. The zero-order valence-corrected chi connectivity index (χ0v) is 14.6. The highest BCUT2D eigenvalue weighted by molar-refractivity contribution is 4.49. The van der Waals surface area contributed by atoms with E-state index < -0.39 is 6.98 Å². The van der Waals surface area contributed by atoms with Gasteiger partial charge in [-0.2, -0.15) is 0 Å². The quantitative estimate of drug-likeness (QED) is 0.249. The van der Waals surface area contributed by atoms with Crippen LogP contribution in [-0.2, 0) is 0 Å². The van der Waals surface area contributed by atoms with E-state index in [-0.39, 0.29) is 4.48 Å². The van der Waals surface area contributed by atoms with Crippen molar-refractivity contribution in [2.75, 3.05) is 27.6 Å². The van der Waals surface area contributed by atoms with E-state index in [9.17, 15) is 0 Å². The van der Waals surface area contributed by atoms with Crippen LogP contribution in [0.5, 0.6) is 0 Å². The largest absolute Gasteiger partial charge is 0.331 e. The van der Waals surface area contributed by atoms with Gasteiger partial charge in [-0.05, 0) is 12.8 Å². The lowest BCUT2D eigenvalue weighted by atomic mass is 10.0. The highest BCUT2D eigenvalue weighted by atomic mass is 15.3. The van der Waals surface area contributed by atoms with Gasteiger partial charge < -0.3 is 4.48 Å². The van der Waals surface area contributed by atoms with E-state index in [4.69, 9.17) is 4.11 Å². The van der Waals surface area contributed by atoms with Crippen LogP contribution in [0.4, 0.5) is 0 Å². The molecule has 0 saturated carbocycles. The van der Waals surface area contributed by atoms with Crippen molar-refractivity contribution in [3.05, 3.63) is 0 Å². The van der Waals surface area contributed by atoms with E-state index in [0.717, 1.165) is 13.0 Å². The van der Waals surface area contributed by atoms with E-state index in [1.807, 2.05) is 14.1 Å². The SMILES string of the molecule is [2H]C([2H])([2H])[N+](C)(C)CCCCCCCCCCCCCCCC. The van der Waals surface area contributed by atoms with Gasteiger partial charge in [0.15, 0.2) is 0 Å². The molecule has 0 saturated heterocycles. The first-order chi connectivity index (χ1) is 10.8. The van der Waals surface area contributed by atoms with Crippen molar-refractivity contribution in [1.82, 2.24) is 0 Å². The molecule has 0 aliphatic rings. The first-order valence-corrected chi connectivity index (χ1v) is 9.14. The summed E-state index contributed by atoms with van der Waals surface area (Å²) >= 11 is 0. The van der Waals surface area contributed by atoms with Crippen LogP contribution in [0, 0.1) is 0 Å². The first kappa shape index (κ1) is 14.9. The second-order valence-corrected chi connectivity index (χ2v) is 7.00. The molecule has 1 nitrogen and oxygen atoms in total. The van der Waals surface area contributed by atoms with Crippen molar-refractivity contribution in [3.8, 4) is 0 Å². The molecule has 20 heavy (non-hydrogen) atoms. The first-order valence-electron chi connectivity index (χ1n) is 10.6. The van der Waals surface area contributed by atoms with Crippen molar-refractivity contribution < 1.29 is 8.60 Å². The number of nitrogens with zero attached hydrogens (tertiary/aromatic N) is 1. The van der Waals surface area contributed by atoms with Crippen LogP contribution in [0.1, 0.15) is 101 Å². The van der Waals surface area contributed by atoms with Gasteiger partial charge in [-0.25, -0.2) is 0 Å². The van der Waals surface area contributed by atoms with Crippen LogP contribution in [-0.4, -0.2) is 32.1 Å². The van der Waals surface area contributed by atoms with Crippen molar-refractivity contribution in [2.24, 2.45) is 0 Å². The predicted octanol–water partition coefficient (Wildman–Crippen LogP) is 6.17. The van der Waals surface area contributed by atoms with Gasteiger partial charge in [0.1, 0.15) is 0 Å². The van der Waals surface area contributed by atoms with E-state index in [1.54, 1.807) is 0 Å². The minimum absolute atomic E-state index is 0.144. The third-order valence-corrected chi connectivity index (χ3v) is 4.07. The van der Waals surface area contributed by atoms with Crippen molar-refractivity contribution in [2.45, 2.75) is 96.8 Å². The Hall–Kier alpha value is -0.0400. The lowest BCUT2D eigenvalue weighted by molar-refractivity contribution is -0.870. The molecule has 122 valence electrons. The van der Waals surface area contributed by atoms with Gasteiger partial charge in [0, 0.05) is 0 Å². The zero-order chi connectivity index (χ0) is 17.6. The maximum absolute atomic E-state index is 7.51. The van der Waals surface area contributed by atoms with Crippen LogP contribution in [0.15, 0.2) is 0 Å². The van der Waals surface area contributed by atoms with Gasteiger partial charge in [0.25, 0.3) is 0 Å². The van der Waals surface area contributed by atoms with Gasteiger partial charge in [-0.1, -0.05) is 84.0 Å². The molecule has 0 aromatic heterocycles. The molecule has 0 N–H and O–H groups in total. The van der Waals surface area contributed by atoms with Crippen LogP contribution in [0.2, 0.25) is 0 Å². The third kappa shape index (κ3) is 18.0. The normalized spacial score (nSPS) is 14.8. The van der Waals surface area contributed by atoms with Crippen molar-refractivity contribution >= 4 is 0 Å². The number of quaternary nitrogens is 1. The van der Waals surface area contributed by atoms with Crippen molar-refractivity contribution in [3.63, 3.8) is 0 Å². The van der Waals surface area contributed by atoms with Crippen LogP contribution in [0.25, 0.3) is 0 Å². The Morgan fingerprint density at radius 3 is 1.30 bits per heavy atom. The minimum atomic E-state index is -1.88. The van der Waals surface area contributed by atoms with Crippen molar-refractivity contribution in [1.29, 1.82) is 0 Å². The van der Waals surface area contributed by atoms with Gasteiger partial charge in [0.05, 0.1) is 31.7 Å². The molecular formula is C19H42N+. The Morgan fingerprint density at radius 2 is 0.950 bits per heavy atom. The summed E-state index contributed by atoms with van der Waals surface area (Å²) in [5, 5.41) is 0. The highest BCUT2D eigenvalue weighted by Gasteiger charge is 2.04. The van der Waals surface area contributed by atoms with E-state index >= 15 is 0 Å². The predicted molar refractivity (Wildman–Crippen MR) is 93.2 cm³/mol. The monoisotopic (exact) mass is 287 g/mol. The Balaban J connectivity index is 3.25. The molecule has 0 aliphatic heterocycles. The Labute approximate surface area is 133 Å². The molecule has 0 fully saturated rings. The van der Waals surface area contributed by atoms with Crippen LogP contribution < -0.4 is 0 Å². The molecule has 0 aromatic carbocycles. The smallest absolute Gasteiger partial charge is 0.0886 e. The summed E-state index contributed by atoms with van der Waals surface area (Å²) in [4.78, 5) is 0. The topological polar surface area (TPSA) is 0 Å². The van der Waals surface area contributed by atoms with Crippen LogP contribution in [0.3, 0.4) is 0 Å². The minimum Gasteiger partial charge on any atom is -0.331 e. The summed E-state index contributed by atoms with van der Waals surface area (Å²) in [5.74, 6) is 0. The average molecular weight is 288 g/mol. The zero-order valence-electron chi connectivity index (χ0n) is 17.6. The lowest BCUT2D eigenvalue weighted by Crippen LogP contribution is -2.35. The Bertz CT molecular complexity index is 262. The average Bonchev–Trinajstić information content (AvgIpc) is 2.46. The van der Waals surface area contributed by atoms with Gasteiger partial charge in [0.2, 0.25) is 0 Å². The molecular weight excluding hydrogens is 242 g/mol. The summed E-state index contributed by atoms with van der Waals surface area (Å²) in [7, 11) is 3.63. The molecule has 0 heterocycles. The van der Waals surface area contributed by atoms with Gasteiger partial charge >= 0.3 is 0 Å². The molecule has 0 atom stereocenters. The van der Waals surface area contributed by atoms with Crippen LogP contribution >= 0.6 is 0 Å². The van der Waals surface area contributed by atoms with Gasteiger partial charge in [-0.3, -0.25) is 0 Å². The lowest BCUT2D eigenvalue weighted by Gasteiger charge is -2.23. The number of unbranched alkanes of at least 4 members (excludes halogenated alkanes) is 13. The number of hydrogen-bond acceptors (Lipinski definition) is 0. The second kappa shape index (κ2) is 13.9.